The number of aromatic amines is 2. The molecule has 1 aromatic carbocycles. The second-order valence-electron chi connectivity index (χ2n) is 9.88. The van der Waals surface area contributed by atoms with Crippen LogP contribution in [0.25, 0.3) is 10.9 Å². The molecule has 13 heteroatoms. The highest BCUT2D eigenvalue weighted by Crippen LogP contribution is 2.23. The molecular weight excluding hydrogens is 534 g/mol. The van der Waals surface area contributed by atoms with E-state index in [9.17, 15) is 24.3 Å². The van der Waals surface area contributed by atoms with Gasteiger partial charge in [0.1, 0.15) is 18.1 Å². The summed E-state index contributed by atoms with van der Waals surface area (Å²) in [5, 5.41) is 16.0. The van der Waals surface area contributed by atoms with Gasteiger partial charge in [-0.3, -0.25) is 14.4 Å². The number of carbonyl (C=O) groups is 4. The van der Waals surface area contributed by atoms with E-state index in [4.69, 9.17) is 5.73 Å². The molecule has 3 aromatic rings. The Balaban J connectivity index is 1.52. The zero-order valence-electron chi connectivity index (χ0n) is 22.3. The third kappa shape index (κ3) is 7.02. The Hall–Kier alpha value is -3.84. The van der Waals surface area contributed by atoms with Crippen LogP contribution in [-0.2, 0) is 32.0 Å². The number of H-pyrrole nitrogens is 2. The largest absolute Gasteiger partial charge is 0.480 e. The second-order valence-corrected chi connectivity index (χ2v) is 10.9. The van der Waals surface area contributed by atoms with Crippen molar-refractivity contribution in [3.8, 4) is 0 Å². The van der Waals surface area contributed by atoms with Gasteiger partial charge in [0.05, 0.1) is 12.4 Å². The van der Waals surface area contributed by atoms with Crippen molar-refractivity contribution in [1.82, 2.24) is 30.5 Å². The lowest BCUT2D eigenvalue weighted by Crippen LogP contribution is -2.57. The number of hydrogen-bond acceptors (Lipinski definition) is 7. The predicted octanol–water partition coefficient (Wildman–Crippen LogP) is 0.802. The van der Waals surface area contributed by atoms with Gasteiger partial charge in [0.15, 0.2) is 0 Å². The molecule has 0 spiro atoms. The van der Waals surface area contributed by atoms with Gasteiger partial charge in [0.2, 0.25) is 17.7 Å². The van der Waals surface area contributed by atoms with Crippen LogP contribution in [0.1, 0.15) is 30.5 Å². The second kappa shape index (κ2) is 13.5. The number of para-hydroxylation sites is 1. The van der Waals surface area contributed by atoms with E-state index in [0.717, 1.165) is 16.5 Å². The standard InChI is InChI=1S/C27H35N7O5S/c1-40-10-8-19(28)24(35)32-21(11-16-13-30-20-6-3-2-5-18(16)20)26(37)34-9-4-7-23(34)25(36)33-22(27(38)39)12-17-14-29-15-31-17/h2-3,5-6,13-15,19,21-23,30H,4,7-12,28H2,1H3,(H,29,31)(H,32,35)(H,33,36)(H,38,39). The third-order valence-electron chi connectivity index (χ3n) is 7.12. The van der Waals surface area contributed by atoms with E-state index >= 15 is 0 Å². The summed E-state index contributed by atoms with van der Waals surface area (Å²) in [5.74, 6) is -1.88. The number of rotatable bonds is 13. The Labute approximate surface area is 235 Å². The highest BCUT2D eigenvalue weighted by atomic mass is 32.2. The van der Waals surface area contributed by atoms with Crippen LogP contribution >= 0.6 is 11.8 Å². The molecule has 3 heterocycles. The van der Waals surface area contributed by atoms with E-state index in [-0.39, 0.29) is 12.8 Å². The Kier molecular flexibility index (Phi) is 9.83. The summed E-state index contributed by atoms with van der Waals surface area (Å²) >= 11 is 1.58. The minimum absolute atomic E-state index is 0.0227. The number of likely N-dealkylation sites (tertiary alicyclic amines) is 1. The normalized spacial score (nSPS) is 17.4. The average Bonchev–Trinajstić information content (AvgIpc) is 3.72. The topological polar surface area (TPSA) is 186 Å². The number of carbonyl (C=O) groups excluding carboxylic acids is 3. The number of thioether (sulfide) groups is 1. The average molecular weight is 570 g/mol. The summed E-state index contributed by atoms with van der Waals surface area (Å²) in [6.45, 7) is 0.313. The summed E-state index contributed by atoms with van der Waals surface area (Å²) in [6.07, 6.45) is 8.31. The van der Waals surface area contributed by atoms with E-state index in [2.05, 4.69) is 25.6 Å². The van der Waals surface area contributed by atoms with Crippen molar-refractivity contribution in [3.05, 3.63) is 54.2 Å². The molecular formula is C27H35N7O5S. The summed E-state index contributed by atoms with van der Waals surface area (Å²) in [4.78, 5) is 63.4. The Morgan fingerprint density at radius 3 is 2.70 bits per heavy atom. The number of hydrogen-bond donors (Lipinski definition) is 6. The smallest absolute Gasteiger partial charge is 0.326 e. The SMILES string of the molecule is CSCCC(N)C(=O)NC(Cc1c[nH]c2ccccc12)C(=O)N1CCCC1C(=O)NC(Cc1cnc[nH]1)C(=O)O. The quantitative estimate of drug-likeness (QED) is 0.174. The number of benzene rings is 1. The number of amides is 3. The van der Waals surface area contributed by atoms with Gasteiger partial charge in [-0.2, -0.15) is 11.8 Å². The van der Waals surface area contributed by atoms with E-state index in [0.29, 0.717) is 37.3 Å². The van der Waals surface area contributed by atoms with Gasteiger partial charge in [-0.15, -0.1) is 0 Å². The monoisotopic (exact) mass is 569 g/mol. The van der Waals surface area contributed by atoms with Crippen LogP contribution in [0.3, 0.4) is 0 Å². The molecule has 4 unspecified atom stereocenters. The summed E-state index contributed by atoms with van der Waals surface area (Å²) in [5.41, 5.74) is 8.41. The first kappa shape index (κ1) is 29.2. The first-order valence-corrected chi connectivity index (χ1v) is 14.6. The molecule has 1 fully saturated rings. The lowest BCUT2D eigenvalue weighted by molar-refractivity contribution is -0.144. The number of aromatic nitrogens is 3. The van der Waals surface area contributed by atoms with E-state index in [1.807, 2.05) is 36.7 Å². The van der Waals surface area contributed by atoms with Crippen LogP contribution < -0.4 is 16.4 Å². The lowest BCUT2D eigenvalue weighted by atomic mass is 10.0. The highest BCUT2D eigenvalue weighted by Gasteiger charge is 2.39. The first-order valence-electron chi connectivity index (χ1n) is 13.2. The van der Waals surface area contributed by atoms with Gasteiger partial charge < -0.3 is 36.3 Å². The third-order valence-corrected chi connectivity index (χ3v) is 7.76. The fourth-order valence-electron chi connectivity index (χ4n) is 4.96. The van der Waals surface area contributed by atoms with Crippen molar-refractivity contribution in [2.45, 2.75) is 56.3 Å². The molecule has 2 aromatic heterocycles. The summed E-state index contributed by atoms with van der Waals surface area (Å²) in [6, 6.07) is 3.88. The molecule has 0 bridgehead atoms. The fourth-order valence-corrected chi connectivity index (χ4v) is 5.45. The van der Waals surface area contributed by atoms with Gasteiger partial charge in [-0.05, 0) is 42.9 Å². The van der Waals surface area contributed by atoms with Crippen LogP contribution in [-0.4, -0.2) is 91.4 Å². The predicted molar refractivity (Wildman–Crippen MR) is 152 cm³/mol. The summed E-state index contributed by atoms with van der Waals surface area (Å²) in [7, 11) is 0. The molecule has 0 aliphatic carbocycles. The number of carboxylic acids is 1. The fraction of sp³-hybridized carbons (Fsp3) is 0.444. The lowest BCUT2D eigenvalue weighted by Gasteiger charge is -2.30. The van der Waals surface area contributed by atoms with Crippen molar-refractivity contribution < 1.29 is 24.3 Å². The van der Waals surface area contributed by atoms with Crippen molar-refractivity contribution in [3.63, 3.8) is 0 Å². The van der Waals surface area contributed by atoms with Crippen molar-refractivity contribution >= 4 is 46.4 Å². The van der Waals surface area contributed by atoms with Gasteiger partial charge in [-0.25, -0.2) is 9.78 Å². The van der Waals surface area contributed by atoms with E-state index in [1.165, 1.54) is 17.4 Å². The van der Waals surface area contributed by atoms with Crippen LogP contribution in [0.15, 0.2) is 43.0 Å². The molecule has 4 rings (SSSR count). The van der Waals surface area contributed by atoms with E-state index in [1.54, 1.807) is 11.8 Å². The number of aliphatic carboxylic acids is 1. The first-order chi connectivity index (χ1) is 19.3. The molecule has 7 N–H and O–H groups in total. The molecule has 0 radical (unpaired) electrons. The number of imidazole rings is 1. The molecule has 12 nitrogen and oxygen atoms in total. The van der Waals surface area contributed by atoms with Crippen LogP contribution in [0.2, 0.25) is 0 Å². The number of nitrogens with two attached hydrogens (primary N) is 1. The maximum atomic E-state index is 13.9. The summed E-state index contributed by atoms with van der Waals surface area (Å²) < 4.78 is 0. The zero-order valence-corrected chi connectivity index (χ0v) is 23.1. The molecule has 0 saturated carbocycles. The number of fused-ring (bicyclic) bond motifs is 1. The van der Waals surface area contributed by atoms with Crippen molar-refractivity contribution in [2.75, 3.05) is 18.6 Å². The maximum absolute atomic E-state index is 13.9. The molecule has 4 atom stereocenters. The van der Waals surface area contributed by atoms with Crippen LogP contribution in [0, 0.1) is 0 Å². The van der Waals surface area contributed by atoms with Crippen molar-refractivity contribution in [2.24, 2.45) is 5.73 Å². The van der Waals surface area contributed by atoms with Gasteiger partial charge >= 0.3 is 5.97 Å². The molecule has 214 valence electrons. The number of carboxylic acid groups (broad SMARTS) is 1. The maximum Gasteiger partial charge on any atom is 0.326 e. The molecule has 1 saturated heterocycles. The Morgan fingerprint density at radius 2 is 1.98 bits per heavy atom. The van der Waals surface area contributed by atoms with Crippen molar-refractivity contribution in [1.29, 1.82) is 0 Å². The van der Waals surface area contributed by atoms with Crippen LogP contribution in [0.4, 0.5) is 0 Å². The molecule has 1 aliphatic rings. The highest BCUT2D eigenvalue weighted by molar-refractivity contribution is 7.98. The van der Waals surface area contributed by atoms with Crippen LogP contribution in [0.5, 0.6) is 0 Å². The molecule has 1 aliphatic heterocycles. The molecule has 40 heavy (non-hydrogen) atoms. The number of nitrogens with one attached hydrogen (secondary N) is 4. The Morgan fingerprint density at radius 1 is 1.18 bits per heavy atom. The van der Waals surface area contributed by atoms with Gasteiger partial charge in [0.25, 0.3) is 0 Å². The Bertz CT molecular complexity index is 1330. The zero-order chi connectivity index (χ0) is 28.6. The minimum atomic E-state index is -1.19. The van der Waals surface area contributed by atoms with Gasteiger partial charge in [0, 0.05) is 48.4 Å². The van der Waals surface area contributed by atoms with Gasteiger partial charge in [-0.1, -0.05) is 18.2 Å². The minimum Gasteiger partial charge on any atom is -0.480 e. The number of nitrogens with zero attached hydrogens (tertiary/aromatic N) is 2. The van der Waals surface area contributed by atoms with E-state index < -0.39 is 47.9 Å². The molecule has 3 amide bonds.